The summed E-state index contributed by atoms with van der Waals surface area (Å²) >= 11 is 0. The number of aromatic nitrogens is 1. The molecule has 0 aliphatic carbocycles. The van der Waals surface area contributed by atoms with Crippen LogP contribution >= 0.6 is 0 Å². The first-order chi connectivity index (χ1) is 7.42. The van der Waals surface area contributed by atoms with Crippen LogP contribution in [0, 0.1) is 11.8 Å². The van der Waals surface area contributed by atoms with Gasteiger partial charge in [0.25, 0.3) is 0 Å². The highest BCUT2D eigenvalue weighted by molar-refractivity contribution is 5.87. The van der Waals surface area contributed by atoms with E-state index in [0.717, 1.165) is 16.3 Å². The van der Waals surface area contributed by atoms with Gasteiger partial charge in [-0.2, -0.15) is 0 Å². The molecule has 0 amide bonds. The molecule has 0 saturated carbocycles. The van der Waals surface area contributed by atoms with E-state index in [4.69, 9.17) is 5.11 Å². The van der Waals surface area contributed by atoms with E-state index in [2.05, 4.69) is 16.8 Å². The molecule has 74 valence electrons. The van der Waals surface area contributed by atoms with Crippen molar-refractivity contribution >= 4 is 10.8 Å². The number of nitrogens with zero attached hydrogens (tertiary/aromatic N) is 1. The molecule has 0 aliphatic heterocycles. The van der Waals surface area contributed by atoms with Crippen molar-refractivity contribution in [2.45, 2.75) is 6.42 Å². The van der Waals surface area contributed by atoms with Gasteiger partial charge in [-0.05, 0) is 12.1 Å². The number of pyridine rings is 1. The second kappa shape index (κ2) is 4.59. The summed E-state index contributed by atoms with van der Waals surface area (Å²) in [5.41, 5.74) is 0.989. The lowest BCUT2D eigenvalue weighted by atomic mass is 10.1. The molecule has 2 heteroatoms. The van der Waals surface area contributed by atoms with Crippen molar-refractivity contribution in [1.82, 2.24) is 4.98 Å². The van der Waals surface area contributed by atoms with Gasteiger partial charge in [0.05, 0.1) is 6.61 Å². The quantitative estimate of drug-likeness (QED) is 0.709. The molecule has 0 radical (unpaired) electrons. The monoisotopic (exact) mass is 197 g/mol. The fourth-order valence-corrected chi connectivity index (χ4v) is 1.45. The summed E-state index contributed by atoms with van der Waals surface area (Å²) in [6, 6.07) is 7.91. The zero-order valence-corrected chi connectivity index (χ0v) is 8.27. The lowest BCUT2D eigenvalue weighted by Crippen LogP contribution is -1.81. The van der Waals surface area contributed by atoms with Crippen LogP contribution < -0.4 is 0 Å². The van der Waals surface area contributed by atoms with Gasteiger partial charge in [-0.15, -0.1) is 0 Å². The van der Waals surface area contributed by atoms with Crippen LogP contribution in [0.3, 0.4) is 0 Å². The second-order valence-electron chi connectivity index (χ2n) is 3.18. The molecule has 2 nitrogen and oxygen atoms in total. The molecule has 0 atom stereocenters. The van der Waals surface area contributed by atoms with Gasteiger partial charge >= 0.3 is 0 Å². The molecular formula is C13H11NO. The van der Waals surface area contributed by atoms with E-state index in [1.54, 1.807) is 6.20 Å². The Labute approximate surface area is 88.6 Å². The van der Waals surface area contributed by atoms with Crippen molar-refractivity contribution in [3.8, 4) is 11.8 Å². The van der Waals surface area contributed by atoms with Crippen molar-refractivity contribution in [3.63, 3.8) is 0 Å². The second-order valence-corrected chi connectivity index (χ2v) is 3.18. The minimum atomic E-state index is 0.110. The summed E-state index contributed by atoms with van der Waals surface area (Å²) in [6.45, 7) is 0.110. The number of hydrogen-bond donors (Lipinski definition) is 1. The summed E-state index contributed by atoms with van der Waals surface area (Å²) in [4.78, 5) is 4.06. The van der Waals surface area contributed by atoms with Gasteiger partial charge in [0.1, 0.15) is 0 Å². The lowest BCUT2D eigenvalue weighted by molar-refractivity contribution is 0.305. The first-order valence-electron chi connectivity index (χ1n) is 4.84. The van der Waals surface area contributed by atoms with E-state index < -0.39 is 0 Å². The van der Waals surface area contributed by atoms with Crippen LogP contribution in [0.2, 0.25) is 0 Å². The van der Waals surface area contributed by atoms with Gasteiger partial charge in [-0.25, -0.2) is 0 Å². The Balaban J connectivity index is 2.48. The van der Waals surface area contributed by atoms with Gasteiger partial charge < -0.3 is 5.11 Å². The fourth-order valence-electron chi connectivity index (χ4n) is 1.45. The third kappa shape index (κ3) is 2.15. The van der Waals surface area contributed by atoms with E-state index >= 15 is 0 Å². The third-order valence-electron chi connectivity index (χ3n) is 2.14. The van der Waals surface area contributed by atoms with Crippen molar-refractivity contribution in [2.75, 3.05) is 6.61 Å². The maximum absolute atomic E-state index is 8.65. The molecule has 15 heavy (non-hydrogen) atoms. The van der Waals surface area contributed by atoms with Crippen molar-refractivity contribution in [1.29, 1.82) is 0 Å². The van der Waals surface area contributed by atoms with E-state index in [1.807, 2.05) is 30.5 Å². The summed E-state index contributed by atoms with van der Waals surface area (Å²) in [6.07, 6.45) is 4.10. The van der Waals surface area contributed by atoms with Crippen molar-refractivity contribution < 1.29 is 5.11 Å². The minimum Gasteiger partial charge on any atom is -0.395 e. The fraction of sp³-hybridized carbons (Fsp3) is 0.154. The normalized spacial score (nSPS) is 9.67. The summed E-state index contributed by atoms with van der Waals surface area (Å²) < 4.78 is 0. The largest absolute Gasteiger partial charge is 0.395 e. The highest BCUT2D eigenvalue weighted by atomic mass is 16.2. The molecule has 0 aliphatic rings. The Morgan fingerprint density at radius 3 is 3.07 bits per heavy atom. The highest BCUT2D eigenvalue weighted by Crippen LogP contribution is 2.16. The molecule has 0 bridgehead atoms. The highest BCUT2D eigenvalue weighted by Gasteiger charge is 1.96. The third-order valence-corrected chi connectivity index (χ3v) is 2.14. The van der Waals surface area contributed by atoms with E-state index in [-0.39, 0.29) is 6.61 Å². The van der Waals surface area contributed by atoms with Crippen LogP contribution in [-0.4, -0.2) is 16.7 Å². The van der Waals surface area contributed by atoms with E-state index in [9.17, 15) is 0 Å². The predicted molar refractivity (Wildman–Crippen MR) is 60.3 cm³/mol. The van der Waals surface area contributed by atoms with Crippen LogP contribution in [0.25, 0.3) is 10.8 Å². The lowest BCUT2D eigenvalue weighted by Gasteiger charge is -1.98. The number of fused-ring (bicyclic) bond motifs is 1. The molecule has 2 rings (SSSR count). The predicted octanol–water partition coefficient (Wildman–Crippen LogP) is 1.97. The van der Waals surface area contributed by atoms with E-state index in [0.29, 0.717) is 6.42 Å². The maximum atomic E-state index is 8.65. The Morgan fingerprint density at radius 1 is 1.27 bits per heavy atom. The number of benzene rings is 1. The number of hydrogen-bond acceptors (Lipinski definition) is 2. The average Bonchev–Trinajstić information content (AvgIpc) is 2.30. The van der Waals surface area contributed by atoms with Crippen LogP contribution in [0.5, 0.6) is 0 Å². The first kappa shape index (κ1) is 9.70. The van der Waals surface area contributed by atoms with Gasteiger partial charge in [0, 0.05) is 35.2 Å². The molecular weight excluding hydrogens is 186 g/mol. The number of aliphatic hydroxyl groups is 1. The van der Waals surface area contributed by atoms with E-state index in [1.165, 1.54) is 0 Å². The first-order valence-corrected chi connectivity index (χ1v) is 4.84. The van der Waals surface area contributed by atoms with Gasteiger partial charge in [-0.3, -0.25) is 4.98 Å². The van der Waals surface area contributed by atoms with Crippen molar-refractivity contribution in [3.05, 3.63) is 42.2 Å². The minimum absolute atomic E-state index is 0.110. The molecule has 2 aromatic rings. The molecule has 0 unspecified atom stereocenters. The molecule has 1 aromatic heterocycles. The number of rotatable bonds is 1. The molecule has 1 aromatic carbocycles. The van der Waals surface area contributed by atoms with Crippen LogP contribution in [0.4, 0.5) is 0 Å². The zero-order chi connectivity index (χ0) is 10.5. The van der Waals surface area contributed by atoms with Gasteiger partial charge in [0.15, 0.2) is 0 Å². The van der Waals surface area contributed by atoms with Crippen LogP contribution in [-0.2, 0) is 0 Å². The zero-order valence-electron chi connectivity index (χ0n) is 8.27. The Hall–Kier alpha value is -1.85. The Morgan fingerprint density at radius 2 is 2.20 bits per heavy atom. The topological polar surface area (TPSA) is 33.1 Å². The smallest absolute Gasteiger partial charge is 0.0540 e. The van der Waals surface area contributed by atoms with Crippen LogP contribution in [0.1, 0.15) is 12.0 Å². The average molecular weight is 197 g/mol. The van der Waals surface area contributed by atoms with Crippen molar-refractivity contribution in [2.24, 2.45) is 0 Å². The molecule has 1 N–H and O–H groups in total. The van der Waals surface area contributed by atoms with Gasteiger partial charge in [-0.1, -0.05) is 24.0 Å². The Kier molecular flexibility index (Phi) is 2.96. The van der Waals surface area contributed by atoms with Crippen LogP contribution in [0.15, 0.2) is 36.7 Å². The SMILES string of the molecule is OCCC#Cc1cccc2cnccc12. The Bertz CT molecular complexity index is 517. The summed E-state index contributed by atoms with van der Waals surface area (Å²) in [7, 11) is 0. The molecule has 0 fully saturated rings. The molecule has 0 spiro atoms. The molecule has 1 heterocycles. The standard InChI is InChI=1S/C13H11NO/c15-9-2-1-4-11-5-3-6-12-10-14-8-7-13(11)12/h3,5-8,10,15H,2,9H2. The summed E-state index contributed by atoms with van der Waals surface area (Å²) in [5, 5.41) is 10.8. The molecule has 0 saturated heterocycles. The number of aliphatic hydroxyl groups excluding tert-OH is 1. The van der Waals surface area contributed by atoms with Gasteiger partial charge in [0.2, 0.25) is 0 Å². The maximum Gasteiger partial charge on any atom is 0.0540 e. The summed E-state index contributed by atoms with van der Waals surface area (Å²) in [5.74, 6) is 5.97.